The topological polar surface area (TPSA) is 155 Å². The van der Waals surface area contributed by atoms with E-state index in [4.69, 9.17) is 35.4 Å². The average molecular weight is 692 g/mol. The minimum Gasteiger partial charge on any atom is -0.390 e. The first-order valence-corrected chi connectivity index (χ1v) is 21.5. The van der Waals surface area contributed by atoms with Crippen LogP contribution in [0.25, 0.3) is 0 Å². The Morgan fingerprint density at radius 3 is 0.459 bits per heavy atom. The zero-order valence-corrected chi connectivity index (χ0v) is 31.7. The molecule has 0 aliphatic rings. The second kappa shape index (κ2) is 28.8. The predicted molar refractivity (Wildman–Crippen MR) is 148 cm³/mol. The maximum Gasteiger partial charge on any atom is 0.494 e. The molecule has 17 heteroatoms. The van der Waals surface area contributed by atoms with Gasteiger partial charge in [0.1, 0.15) is 0 Å². The normalized spacial score (nSPS) is 11.7. The van der Waals surface area contributed by atoms with Crippen molar-refractivity contribution in [3.63, 3.8) is 0 Å². The van der Waals surface area contributed by atoms with Gasteiger partial charge in [0.2, 0.25) is 0 Å². The Bertz CT molecular complexity index is 353. The van der Waals surface area contributed by atoms with Gasteiger partial charge in [-0.15, -0.1) is 0 Å². The Morgan fingerprint density at radius 1 is 0.324 bits per heavy atom. The summed E-state index contributed by atoms with van der Waals surface area (Å²) in [7, 11) is -10.8. The van der Waals surface area contributed by atoms with Crippen LogP contribution >= 0.6 is 0 Å². The molecular formula is C20H56O12Si4Zr. The summed E-state index contributed by atoms with van der Waals surface area (Å²) in [6.45, 7) is 25.2. The first kappa shape index (κ1) is 48.0. The fraction of sp³-hybridized carbons (Fsp3) is 1.00. The van der Waals surface area contributed by atoms with Gasteiger partial charge in [-0.05, 0) is 55.4 Å². The second-order valence-corrected chi connectivity index (χ2v) is 16.5. The third-order valence-electron chi connectivity index (χ3n) is 3.30. The molecule has 0 saturated heterocycles. The van der Waals surface area contributed by atoms with Crippen LogP contribution in [0, 0.1) is 0 Å². The van der Waals surface area contributed by atoms with Crippen molar-refractivity contribution in [2.75, 3.05) is 52.9 Å². The molecule has 0 aromatic rings. The fourth-order valence-electron chi connectivity index (χ4n) is 2.31. The van der Waals surface area contributed by atoms with Crippen LogP contribution in [0.15, 0.2) is 0 Å². The van der Waals surface area contributed by atoms with E-state index in [-0.39, 0.29) is 26.2 Å². The summed E-state index contributed by atoms with van der Waals surface area (Å²) in [6, 6.07) is 0. The van der Waals surface area contributed by atoms with Crippen molar-refractivity contribution in [3.8, 4) is 0 Å². The molecule has 0 atom stereocenters. The Balaban J connectivity index is -0.000000122. The van der Waals surface area contributed by atoms with Gasteiger partial charge < -0.3 is 54.6 Å². The summed E-state index contributed by atoms with van der Waals surface area (Å²) in [5.41, 5.74) is 0. The van der Waals surface area contributed by atoms with Gasteiger partial charge in [-0.3, -0.25) is 0 Å². The molecule has 4 N–H and O–H groups in total. The van der Waals surface area contributed by atoms with Crippen LogP contribution in [0.3, 0.4) is 0 Å². The first-order valence-electron chi connectivity index (χ1n) is 12.5. The molecule has 0 spiro atoms. The molecule has 0 fully saturated rings. The minimum absolute atomic E-state index is 0. The minimum atomic E-state index is -2.70. The quantitative estimate of drug-likeness (QED) is 0.176. The van der Waals surface area contributed by atoms with E-state index in [0.717, 1.165) is 0 Å². The Labute approximate surface area is 249 Å². The molecular weight excluding hydrogens is 636 g/mol. The summed E-state index contributed by atoms with van der Waals surface area (Å²) in [5.74, 6) is 0. The van der Waals surface area contributed by atoms with Gasteiger partial charge in [0.15, 0.2) is 0 Å². The molecule has 228 valence electrons. The number of rotatable bonds is 16. The monoisotopic (exact) mass is 690 g/mol. The van der Waals surface area contributed by atoms with Gasteiger partial charge in [0.05, 0.1) is 0 Å². The van der Waals surface area contributed by atoms with Gasteiger partial charge in [-0.2, -0.15) is 0 Å². The largest absolute Gasteiger partial charge is 0.494 e. The maximum atomic E-state index is 9.21. The number of hydrogen-bond donors (Lipinski definition) is 4. The van der Waals surface area contributed by atoms with E-state index in [1.54, 1.807) is 26.2 Å². The third kappa shape index (κ3) is 41.9. The van der Waals surface area contributed by atoms with Crippen LogP contribution in [0.4, 0.5) is 0 Å². The van der Waals surface area contributed by atoms with Gasteiger partial charge in [-0.25, -0.2) is 0 Å². The predicted octanol–water partition coefficient (Wildman–Crippen LogP) is 2.48. The smallest absolute Gasteiger partial charge is 0.390 e. The fourth-order valence-corrected chi connectivity index (χ4v) is 6.93. The second-order valence-electron chi connectivity index (χ2n) is 7.06. The summed E-state index contributed by atoms with van der Waals surface area (Å²) in [4.78, 5) is 36.8. The summed E-state index contributed by atoms with van der Waals surface area (Å²) < 4.78 is 39.5. The van der Waals surface area contributed by atoms with E-state index >= 15 is 0 Å². The average Bonchev–Trinajstić information content (AvgIpc) is 2.69. The molecule has 0 rings (SSSR count). The molecule has 0 saturated carbocycles. The van der Waals surface area contributed by atoms with Crippen molar-refractivity contribution in [3.05, 3.63) is 0 Å². The molecule has 0 radical (unpaired) electrons. The number of hydrogen-bond acceptors (Lipinski definition) is 12. The Kier molecular flexibility index (Phi) is 37.4. The SMILES string of the molecule is CCO[Si](C)(O)OCC.CCO[Si](C)(O)OCC.CCO[Si](C)(O)OCC.CCO[Si](C)(O)OCC.[Zr]. The summed E-state index contributed by atoms with van der Waals surface area (Å²) >= 11 is 0. The molecule has 0 aliphatic carbocycles. The summed E-state index contributed by atoms with van der Waals surface area (Å²) in [6.07, 6.45) is 0. The molecule has 37 heavy (non-hydrogen) atoms. The van der Waals surface area contributed by atoms with Gasteiger partial charge in [0, 0.05) is 105 Å². The molecule has 0 aliphatic heterocycles. The van der Waals surface area contributed by atoms with Gasteiger partial charge >= 0.3 is 35.2 Å². The van der Waals surface area contributed by atoms with Crippen LogP contribution in [0.5, 0.6) is 0 Å². The van der Waals surface area contributed by atoms with Crippen molar-refractivity contribution in [2.24, 2.45) is 0 Å². The van der Waals surface area contributed by atoms with Crippen LogP contribution in [0.1, 0.15) is 55.4 Å². The first-order chi connectivity index (χ1) is 16.5. The van der Waals surface area contributed by atoms with Gasteiger partial charge in [-0.1, -0.05) is 0 Å². The van der Waals surface area contributed by atoms with Crippen LogP contribution in [-0.4, -0.2) is 107 Å². The van der Waals surface area contributed by atoms with E-state index < -0.39 is 35.2 Å². The van der Waals surface area contributed by atoms with Crippen LogP contribution in [0.2, 0.25) is 26.2 Å². The molecule has 0 unspecified atom stereocenters. The van der Waals surface area contributed by atoms with Crippen molar-refractivity contribution in [1.82, 2.24) is 0 Å². The summed E-state index contributed by atoms with van der Waals surface area (Å²) in [5, 5.41) is 0. The van der Waals surface area contributed by atoms with E-state index in [2.05, 4.69) is 0 Å². The van der Waals surface area contributed by atoms with E-state index in [1.165, 1.54) is 0 Å². The van der Waals surface area contributed by atoms with E-state index in [0.29, 0.717) is 52.9 Å². The Hall–Kier alpha value is 1.27. The standard InChI is InChI=1S/4C5H14O3Si.Zr/c4*1-4-7-9(3,6)8-5-2;/h4*6H,4-5H2,1-3H3;. The van der Waals surface area contributed by atoms with Crippen molar-refractivity contribution < 1.29 is 80.8 Å². The van der Waals surface area contributed by atoms with Crippen molar-refractivity contribution in [1.29, 1.82) is 0 Å². The third-order valence-corrected chi connectivity index (χ3v) is 9.89. The molecule has 0 aromatic heterocycles. The zero-order chi connectivity index (χ0) is 29.3. The van der Waals surface area contributed by atoms with Crippen LogP contribution < -0.4 is 0 Å². The van der Waals surface area contributed by atoms with E-state index in [1.807, 2.05) is 55.4 Å². The van der Waals surface area contributed by atoms with Gasteiger partial charge in [0.25, 0.3) is 0 Å². The molecule has 0 aromatic carbocycles. The van der Waals surface area contributed by atoms with Crippen molar-refractivity contribution >= 4 is 35.2 Å². The molecule has 0 heterocycles. The van der Waals surface area contributed by atoms with Crippen molar-refractivity contribution in [2.45, 2.75) is 81.6 Å². The molecule has 0 amide bonds. The zero-order valence-electron chi connectivity index (χ0n) is 25.2. The molecule has 0 bridgehead atoms. The molecule has 12 nitrogen and oxygen atoms in total. The maximum absolute atomic E-state index is 9.21. The van der Waals surface area contributed by atoms with E-state index in [9.17, 15) is 19.2 Å². The Morgan fingerprint density at radius 2 is 0.405 bits per heavy atom. The van der Waals surface area contributed by atoms with Crippen LogP contribution in [-0.2, 0) is 61.6 Å².